The summed E-state index contributed by atoms with van der Waals surface area (Å²) in [5.41, 5.74) is 0. The van der Waals surface area contributed by atoms with Crippen LogP contribution in [0.1, 0.15) is 0 Å². The van der Waals surface area contributed by atoms with Gasteiger partial charge in [0.15, 0.2) is 0 Å². The lowest BCUT2D eigenvalue weighted by molar-refractivity contribution is 0.685. The zero-order chi connectivity index (χ0) is 5.33. The van der Waals surface area contributed by atoms with Gasteiger partial charge in [-0.25, -0.2) is 0 Å². The minimum Gasteiger partial charge on any atom is -0.305 e. The monoisotopic (exact) mass is 137 g/mol. The fourth-order valence-corrected chi connectivity index (χ4v) is 2.08. The van der Waals surface area contributed by atoms with Gasteiger partial charge in [0.2, 0.25) is 0 Å². The van der Waals surface area contributed by atoms with E-state index in [1.54, 1.807) is 0 Å². The Balaban J connectivity index is 2.76. The van der Waals surface area contributed by atoms with E-state index in [-0.39, 0.29) is 0 Å². The summed E-state index contributed by atoms with van der Waals surface area (Å²) >= 11 is 4.67. The third-order valence-electron chi connectivity index (χ3n) is 0.912. The Labute approximate surface area is 48.0 Å². The quantitative estimate of drug-likeness (QED) is 0.478. The van der Waals surface area contributed by atoms with Gasteiger partial charge in [-0.1, -0.05) is 0 Å². The van der Waals surface area contributed by atoms with Crippen molar-refractivity contribution in [2.75, 3.05) is 18.2 Å². The molecule has 1 aliphatic rings. The van der Waals surface area contributed by atoms with Gasteiger partial charge >= 0.3 is 0 Å². The van der Waals surface area contributed by atoms with Crippen LogP contribution in [0.5, 0.6) is 0 Å². The molecule has 42 valence electrons. The van der Waals surface area contributed by atoms with E-state index in [4.69, 9.17) is 0 Å². The molecule has 0 aromatic carbocycles. The van der Waals surface area contributed by atoms with E-state index in [0.29, 0.717) is 11.6 Å². The molecular formula is C3H7NOS2. The van der Waals surface area contributed by atoms with Crippen molar-refractivity contribution < 1.29 is 4.21 Å². The Morgan fingerprint density at radius 2 is 2.43 bits per heavy atom. The Morgan fingerprint density at radius 1 is 1.71 bits per heavy atom. The summed E-state index contributed by atoms with van der Waals surface area (Å²) in [4.78, 5) is 0. The first-order valence-electron chi connectivity index (χ1n) is 2.12. The lowest BCUT2D eigenvalue weighted by Gasteiger charge is -1.85. The van der Waals surface area contributed by atoms with Crippen molar-refractivity contribution in [3.05, 3.63) is 0 Å². The molecule has 0 aliphatic carbocycles. The van der Waals surface area contributed by atoms with E-state index in [1.807, 2.05) is 0 Å². The average molecular weight is 137 g/mol. The summed E-state index contributed by atoms with van der Waals surface area (Å²) < 4.78 is 10.7. The van der Waals surface area contributed by atoms with Crippen LogP contribution < -0.4 is 5.32 Å². The summed E-state index contributed by atoms with van der Waals surface area (Å²) in [6.45, 7) is 0.836. The molecule has 1 heterocycles. The van der Waals surface area contributed by atoms with Crippen molar-refractivity contribution in [1.82, 2.24) is 5.32 Å². The molecule has 1 unspecified atom stereocenters. The Hall–Kier alpha value is 0.330. The molecule has 0 saturated carbocycles. The molecule has 0 amide bonds. The van der Waals surface area contributed by atoms with Crippen LogP contribution in [0.15, 0.2) is 0 Å². The molecule has 0 aromatic rings. The van der Waals surface area contributed by atoms with E-state index in [1.165, 1.54) is 0 Å². The van der Waals surface area contributed by atoms with Gasteiger partial charge in [-0.05, 0) is 11.2 Å². The van der Waals surface area contributed by atoms with E-state index in [2.05, 4.69) is 16.5 Å². The molecule has 0 radical (unpaired) electrons. The van der Waals surface area contributed by atoms with Gasteiger partial charge < -0.3 is 5.32 Å². The van der Waals surface area contributed by atoms with E-state index >= 15 is 0 Å². The van der Waals surface area contributed by atoms with E-state index < -0.39 is 8.49 Å². The Morgan fingerprint density at radius 3 is 2.57 bits per heavy atom. The van der Waals surface area contributed by atoms with Crippen molar-refractivity contribution in [1.29, 1.82) is 0 Å². The minimum atomic E-state index is -1.82. The van der Waals surface area contributed by atoms with Crippen molar-refractivity contribution in [3.63, 3.8) is 0 Å². The second kappa shape index (κ2) is 1.69. The normalized spacial score (nSPS) is 41.7. The maximum absolute atomic E-state index is 10.7. The third kappa shape index (κ3) is 1.36. The third-order valence-corrected chi connectivity index (χ3v) is 3.24. The topological polar surface area (TPSA) is 29.1 Å². The molecule has 1 rings (SSSR count). The highest BCUT2D eigenvalue weighted by Crippen LogP contribution is 1.92. The molecule has 4 heteroatoms. The summed E-state index contributed by atoms with van der Waals surface area (Å²) in [6, 6.07) is 0. The van der Waals surface area contributed by atoms with Crippen LogP contribution in [0.2, 0.25) is 0 Å². The highest BCUT2D eigenvalue weighted by molar-refractivity contribution is 8.33. The maximum Gasteiger partial charge on any atom is 0.0746 e. The molecule has 7 heavy (non-hydrogen) atoms. The lowest BCUT2D eigenvalue weighted by atomic mass is 10.8. The van der Waals surface area contributed by atoms with Crippen LogP contribution in [0.3, 0.4) is 0 Å². The van der Waals surface area contributed by atoms with Crippen LogP contribution in [-0.4, -0.2) is 22.4 Å². The number of hydrogen-bond donors (Lipinski definition) is 1. The number of nitrogens with one attached hydrogen (secondary N) is 1. The van der Waals surface area contributed by atoms with Crippen LogP contribution in [0.25, 0.3) is 0 Å². The van der Waals surface area contributed by atoms with Gasteiger partial charge in [-0.2, -0.15) is 0 Å². The van der Waals surface area contributed by atoms with E-state index in [0.717, 1.165) is 6.54 Å². The van der Waals surface area contributed by atoms with Crippen LogP contribution >= 0.6 is 0 Å². The second-order valence-electron chi connectivity index (χ2n) is 1.59. The van der Waals surface area contributed by atoms with Gasteiger partial charge in [-0.15, -0.1) is 0 Å². The summed E-state index contributed by atoms with van der Waals surface area (Å²) in [7, 11) is -1.82. The molecule has 1 N–H and O–H groups in total. The molecule has 1 aliphatic heterocycles. The van der Waals surface area contributed by atoms with E-state index in [9.17, 15) is 4.21 Å². The lowest BCUT2D eigenvalue weighted by Crippen LogP contribution is -2.07. The molecule has 1 atom stereocenters. The molecule has 0 spiro atoms. The highest BCUT2D eigenvalue weighted by Gasteiger charge is 2.11. The van der Waals surface area contributed by atoms with Gasteiger partial charge in [-0.3, -0.25) is 4.21 Å². The molecule has 0 aromatic heterocycles. The smallest absolute Gasteiger partial charge is 0.0746 e. The number of rotatable bonds is 0. The fraction of sp³-hybridized carbons (Fsp3) is 1.00. The van der Waals surface area contributed by atoms with Crippen LogP contribution in [-0.2, 0) is 19.7 Å². The first kappa shape index (κ1) is 5.47. The molecule has 1 fully saturated rings. The summed E-state index contributed by atoms with van der Waals surface area (Å²) in [5.74, 6) is 1.23. The summed E-state index contributed by atoms with van der Waals surface area (Å²) in [5, 5.41) is 2.93. The first-order valence-corrected chi connectivity index (χ1v) is 4.94. The number of hydrogen-bond acceptors (Lipinski definition) is 3. The average Bonchev–Trinajstić information content (AvgIpc) is 1.84. The molecular weight excluding hydrogens is 130 g/mol. The first-order chi connectivity index (χ1) is 3.21. The predicted octanol–water partition coefficient (Wildman–Crippen LogP) is -0.707. The SMILES string of the molecule is O=S1(=S)CCNC1. The zero-order valence-electron chi connectivity index (χ0n) is 3.85. The highest BCUT2D eigenvalue weighted by atomic mass is 32.8. The van der Waals surface area contributed by atoms with Crippen molar-refractivity contribution in [2.24, 2.45) is 0 Å². The zero-order valence-corrected chi connectivity index (χ0v) is 5.48. The molecule has 2 nitrogen and oxygen atoms in total. The minimum absolute atomic E-state index is 0.544. The second-order valence-corrected chi connectivity index (χ2v) is 5.60. The van der Waals surface area contributed by atoms with Crippen molar-refractivity contribution >= 4 is 19.7 Å². The maximum atomic E-state index is 10.7. The van der Waals surface area contributed by atoms with Gasteiger partial charge in [0.1, 0.15) is 0 Å². The molecule has 1 saturated heterocycles. The molecule has 0 bridgehead atoms. The fourth-order valence-electron chi connectivity index (χ4n) is 0.528. The largest absolute Gasteiger partial charge is 0.305 e. The van der Waals surface area contributed by atoms with Crippen LogP contribution in [0, 0.1) is 0 Å². The standard InChI is InChI=1S/C3H7NOS2/c5-7(6)2-1-4-3-7/h4H,1-3H2. The van der Waals surface area contributed by atoms with Gasteiger partial charge in [0, 0.05) is 20.8 Å². The van der Waals surface area contributed by atoms with Gasteiger partial charge in [0.25, 0.3) is 0 Å². The van der Waals surface area contributed by atoms with Crippen molar-refractivity contribution in [3.8, 4) is 0 Å². The van der Waals surface area contributed by atoms with Crippen molar-refractivity contribution in [2.45, 2.75) is 0 Å². The predicted molar refractivity (Wildman–Crippen MR) is 33.2 cm³/mol. The van der Waals surface area contributed by atoms with Crippen LogP contribution in [0.4, 0.5) is 0 Å². The van der Waals surface area contributed by atoms with Gasteiger partial charge in [0.05, 0.1) is 5.88 Å². The Kier molecular flexibility index (Phi) is 1.32. The summed E-state index contributed by atoms with van der Waals surface area (Å²) in [6.07, 6.45) is 0. The Bertz CT molecular complexity index is 136.